The fourth-order valence-corrected chi connectivity index (χ4v) is 3.31. The molecular formula is C17H27ClN2O. The summed E-state index contributed by atoms with van der Waals surface area (Å²) in [5, 5.41) is 4.51. The third-order valence-corrected chi connectivity index (χ3v) is 5.11. The van der Waals surface area contributed by atoms with Crippen LogP contribution < -0.4 is 10.1 Å². The van der Waals surface area contributed by atoms with Gasteiger partial charge in [-0.25, -0.2) is 0 Å². The fourth-order valence-electron chi connectivity index (χ4n) is 3.12. The van der Waals surface area contributed by atoms with Crippen molar-refractivity contribution in [2.75, 3.05) is 20.2 Å². The Balaban J connectivity index is 2.19. The second-order valence-electron chi connectivity index (χ2n) is 6.08. The van der Waals surface area contributed by atoms with Crippen LogP contribution in [0.2, 0.25) is 5.02 Å². The highest BCUT2D eigenvalue weighted by molar-refractivity contribution is 6.30. The van der Waals surface area contributed by atoms with Crippen LogP contribution >= 0.6 is 11.6 Å². The molecule has 1 aliphatic heterocycles. The number of hydrogen-bond donors (Lipinski definition) is 1. The molecule has 0 aliphatic carbocycles. The number of benzene rings is 1. The molecule has 118 valence electrons. The third kappa shape index (κ3) is 3.71. The largest absolute Gasteiger partial charge is 0.496 e. The molecular weight excluding hydrogens is 284 g/mol. The summed E-state index contributed by atoms with van der Waals surface area (Å²) in [5.74, 6) is 0.920. The topological polar surface area (TPSA) is 24.5 Å². The molecule has 0 radical (unpaired) electrons. The van der Waals surface area contributed by atoms with E-state index in [1.807, 2.05) is 18.2 Å². The minimum absolute atomic E-state index is 0.234. The van der Waals surface area contributed by atoms with Crippen LogP contribution in [-0.2, 0) is 6.54 Å². The zero-order chi connectivity index (χ0) is 15.5. The van der Waals surface area contributed by atoms with Crippen LogP contribution in [0.25, 0.3) is 0 Å². The van der Waals surface area contributed by atoms with Gasteiger partial charge in [0.15, 0.2) is 0 Å². The first-order valence-corrected chi connectivity index (χ1v) is 8.23. The predicted octanol–water partition coefficient (Wildman–Crippen LogP) is 3.70. The van der Waals surface area contributed by atoms with E-state index in [-0.39, 0.29) is 5.54 Å². The van der Waals surface area contributed by atoms with E-state index >= 15 is 0 Å². The van der Waals surface area contributed by atoms with Gasteiger partial charge in [0.2, 0.25) is 0 Å². The normalized spacial score (nSPS) is 22.2. The number of halogens is 1. The zero-order valence-electron chi connectivity index (χ0n) is 13.6. The van der Waals surface area contributed by atoms with Crippen LogP contribution in [0.4, 0.5) is 0 Å². The number of nitrogens with zero attached hydrogens (tertiary/aromatic N) is 1. The maximum absolute atomic E-state index is 6.15. The first kappa shape index (κ1) is 16.6. The van der Waals surface area contributed by atoms with Gasteiger partial charge in [-0.1, -0.05) is 25.4 Å². The fraction of sp³-hybridized carbons (Fsp3) is 0.647. The molecule has 21 heavy (non-hydrogen) atoms. The lowest BCUT2D eigenvalue weighted by molar-refractivity contribution is 0.0739. The molecule has 1 atom stereocenters. The summed E-state index contributed by atoms with van der Waals surface area (Å²) in [4.78, 5) is 2.54. The second kappa shape index (κ2) is 6.99. The van der Waals surface area contributed by atoms with E-state index in [1.54, 1.807) is 7.11 Å². The van der Waals surface area contributed by atoms with E-state index in [2.05, 4.69) is 31.0 Å². The molecule has 1 saturated heterocycles. The molecule has 1 aliphatic rings. The quantitative estimate of drug-likeness (QED) is 0.897. The molecule has 1 aromatic rings. The molecule has 4 heteroatoms. The number of hydrogen-bond acceptors (Lipinski definition) is 3. The Morgan fingerprint density at radius 2 is 2.10 bits per heavy atom. The van der Waals surface area contributed by atoms with Crippen molar-refractivity contribution in [1.29, 1.82) is 0 Å². The summed E-state index contributed by atoms with van der Waals surface area (Å²) in [5.41, 5.74) is 1.40. The van der Waals surface area contributed by atoms with Crippen molar-refractivity contribution in [2.24, 2.45) is 0 Å². The van der Waals surface area contributed by atoms with Gasteiger partial charge in [0, 0.05) is 41.8 Å². The first-order chi connectivity index (χ1) is 10.0. The maximum atomic E-state index is 6.15. The van der Waals surface area contributed by atoms with Gasteiger partial charge in [-0.3, -0.25) is 4.90 Å². The Kier molecular flexibility index (Phi) is 5.53. The summed E-state index contributed by atoms with van der Waals surface area (Å²) in [6.07, 6.45) is 2.30. The molecule has 3 nitrogen and oxygen atoms in total. The van der Waals surface area contributed by atoms with Crippen molar-refractivity contribution in [3.63, 3.8) is 0 Å². The molecule has 2 rings (SSSR count). The first-order valence-electron chi connectivity index (χ1n) is 7.85. The standard InChI is InChI=1S/C17H27ClN2O/c1-5-17(6-2)12-20(13(3)10-19-17)11-14-9-15(18)7-8-16(14)21-4/h7-9,13,19H,5-6,10-12H2,1-4H3. The lowest BCUT2D eigenvalue weighted by Gasteiger charge is -2.46. The van der Waals surface area contributed by atoms with E-state index < -0.39 is 0 Å². The van der Waals surface area contributed by atoms with E-state index in [4.69, 9.17) is 16.3 Å². The van der Waals surface area contributed by atoms with E-state index in [0.717, 1.165) is 43.2 Å². The minimum atomic E-state index is 0.234. The van der Waals surface area contributed by atoms with Crippen molar-refractivity contribution in [3.8, 4) is 5.75 Å². The van der Waals surface area contributed by atoms with Gasteiger partial charge >= 0.3 is 0 Å². The lowest BCUT2D eigenvalue weighted by Crippen LogP contribution is -2.62. The molecule has 0 spiro atoms. The number of ether oxygens (including phenoxy) is 1. The summed E-state index contributed by atoms with van der Waals surface area (Å²) >= 11 is 6.15. The average Bonchev–Trinajstić information content (AvgIpc) is 2.50. The van der Waals surface area contributed by atoms with Crippen LogP contribution in [0.1, 0.15) is 39.2 Å². The van der Waals surface area contributed by atoms with Gasteiger partial charge in [0.25, 0.3) is 0 Å². The van der Waals surface area contributed by atoms with Gasteiger partial charge in [-0.2, -0.15) is 0 Å². The van der Waals surface area contributed by atoms with Crippen molar-refractivity contribution in [1.82, 2.24) is 10.2 Å². The second-order valence-corrected chi connectivity index (χ2v) is 6.51. The van der Waals surface area contributed by atoms with Crippen LogP contribution in [0.15, 0.2) is 18.2 Å². The summed E-state index contributed by atoms with van der Waals surface area (Å²) < 4.78 is 5.48. The number of methoxy groups -OCH3 is 1. The minimum Gasteiger partial charge on any atom is -0.496 e. The zero-order valence-corrected chi connectivity index (χ0v) is 14.3. The van der Waals surface area contributed by atoms with Gasteiger partial charge < -0.3 is 10.1 Å². The van der Waals surface area contributed by atoms with Gasteiger partial charge in [-0.05, 0) is 38.0 Å². The summed E-state index contributed by atoms with van der Waals surface area (Å²) in [6, 6.07) is 6.37. The van der Waals surface area contributed by atoms with Gasteiger partial charge in [0.1, 0.15) is 5.75 Å². The molecule has 1 aromatic carbocycles. The molecule has 0 amide bonds. The van der Waals surface area contributed by atoms with Gasteiger partial charge in [0.05, 0.1) is 7.11 Å². The Morgan fingerprint density at radius 1 is 1.38 bits per heavy atom. The highest BCUT2D eigenvalue weighted by atomic mass is 35.5. The Labute approximate surface area is 133 Å². The lowest BCUT2D eigenvalue weighted by atomic mass is 9.88. The SMILES string of the molecule is CCC1(CC)CN(Cc2cc(Cl)ccc2OC)C(C)CN1. The van der Waals surface area contributed by atoms with Crippen molar-refractivity contribution in [2.45, 2.75) is 51.7 Å². The summed E-state index contributed by atoms with van der Waals surface area (Å²) in [7, 11) is 1.72. The number of nitrogens with one attached hydrogen (secondary N) is 1. The smallest absolute Gasteiger partial charge is 0.123 e. The van der Waals surface area contributed by atoms with E-state index in [0.29, 0.717) is 6.04 Å². The average molecular weight is 311 g/mol. The van der Waals surface area contributed by atoms with E-state index in [9.17, 15) is 0 Å². The number of piperazine rings is 1. The highest BCUT2D eigenvalue weighted by Gasteiger charge is 2.35. The van der Waals surface area contributed by atoms with Crippen LogP contribution in [-0.4, -0.2) is 36.7 Å². The van der Waals surface area contributed by atoms with Crippen molar-refractivity contribution < 1.29 is 4.74 Å². The molecule has 0 aromatic heterocycles. The molecule has 0 bridgehead atoms. The van der Waals surface area contributed by atoms with E-state index in [1.165, 1.54) is 5.56 Å². The molecule has 1 heterocycles. The molecule has 1 fully saturated rings. The summed E-state index contributed by atoms with van der Waals surface area (Å²) in [6.45, 7) is 9.80. The Hall–Kier alpha value is -0.770. The van der Waals surface area contributed by atoms with Crippen LogP contribution in [0, 0.1) is 0 Å². The maximum Gasteiger partial charge on any atom is 0.123 e. The van der Waals surface area contributed by atoms with Gasteiger partial charge in [-0.15, -0.1) is 0 Å². The van der Waals surface area contributed by atoms with Crippen LogP contribution in [0.5, 0.6) is 5.75 Å². The molecule has 1 N–H and O–H groups in total. The number of rotatable bonds is 5. The molecule has 0 saturated carbocycles. The third-order valence-electron chi connectivity index (χ3n) is 4.87. The van der Waals surface area contributed by atoms with Crippen molar-refractivity contribution >= 4 is 11.6 Å². The highest BCUT2D eigenvalue weighted by Crippen LogP contribution is 2.28. The molecule has 1 unspecified atom stereocenters. The van der Waals surface area contributed by atoms with Crippen molar-refractivity contribution in [3.05, 3.63) is 28.8 Å². The monoisotopic (exact) mass is 310 g/mol. The predicted molar refractivity (Wildman–Crippen MR) is 89.2 cm³/mol. The Morgan fingerprint density at radius 3 is 2.71 bits per heavy atom. The van der Waals surface area contributed by atoms with Crippen LogP contribution in [0.3, 0.4) is 0 Å². The Bertz CT molecular complexity index is 474.